The van der Waals surface area contributed by atoms with E-state index in [1.807, 2.05) is 0 Å². The normalized spacial score (nSPS) is 12.7. The Balaban J connectivity index is 2.61. The van der Waals surface area contributed by atoms with Crippen molar-refractivity contribution < 1.29 is 22.7 Å². The van der Waals surface area contributed by atoms with E-state index in [4.69, 9.17) is 11.6 Å². The maximum atomic E-state index is 13.4. The van der Waals surface area contributed by atoms with E-state index < -0.39 is 27.9 Å². The van der Waals surface area contributed by atoms with Crippen molar-refractivity contribution in [2.45, 2.75) is 17.9 Å². The first-order valence-electron chi connectivity index (χ1n) is 6.52. The van der Waals surface area contributed by atoms with Gasteiger partial charge in [-0.2, -0.15) is 0 Å². The van der Waals surface area contributed by atoms with E-state index >= 15 is 0 Å². The number of aliphatic carboxylic acids is 1. The van der Waals surface area contributed by atoms with Gasteiger partial charge in [-0.25, -0.2) is 17.6 Å². The summed E-state index contributed by atoms with van der Waals surface area (Å²) < 4.78 is 39.7. The van der Waals surface area contributed by atoms with Crippen LogP contribution in [0.5, 0.6) is 0 Å². The maximum Gasteiger partial charge on any atom is 0.327 e. The third kappa shape index (κ3) is 3.62. The van der Waals surface area contributed by atoms with Gasteiger partial charge in [0.2, 0.25) is 0 Å². The van der Waals surface area contributed by atoms with Crippen molar-refractivity contribution in [3.05, 3.63) is 59.4 Å². The Kier molecular flexibility index (Phi) is 4.91. The van der Waals surface area contributed by atoms with Crippen LogP contribution in [-0.2, 0) is 14.8 Å². The zero-order valence-corrected chi connectivity index (χ0v) is 13.6. The highest BCUT2D eigenvalue weighted by atomic mass is 35.5. The summed E-state index contributed by atoms with van der Waals surface area (Å²) in [7, 11) is -4.20. The van der Waals surface area contributed by atoms with Gasteiger partial charge in [0.1, 0.15) is 11.9 Å². The number of carbonyl (C=O) groups is 1. The van der Waals surface area contributed by atoms with Crippen LogP contribution in [0.1, 0.15) is 6.92 Å². The SMILES string of the molecule is CC(C(=O)O)N(c1cccc(F)c1)S(=O)(=O)c1ccc(Cl)cc1. The van der Waals surface area contributed by atoms with E-state index in [9.17, 15) is 22.7 Å². The molecule has 0 bridgehead atoms. The van der Waals surface area contributed by atoms with Gasteiger partial charge >= 0.3 is 5.97 Å². The highest BCUT2D eigenvalue weighted by Crippen LogP contribution is 2.27. The molecule has 1 unspecified atom stereocenters. The van der Waals surface area contributed by atoms with Crippen molar-refractivity contribution in [3.63, 3.8) is 0 Å². The molecule has 2 aromatic carbocycles. The first-order chi connectivity index (χ1) is 10.7. The average molecular weight is 358 g/mol. The zero-order valence-electron chi connectivity index (χ0n) is 12.0. The van der Waals surface area contributed by atoms with Crippen molar-refractivity contribution in [1.82, 2.24) is 0 Å². The topological polar surface area (TPSA) is 74.7 Å². The molecule has 0 saturated carbocycles. The second-order valence-corrected chi connectivity index (χ2v) is 7.00. The van der Waals surface area contributed by atoms with Gasteiger partial charge in [0.05, 0.1) is 10.6 Å². The molecule has 0 aromatic heterocycles. The third-order valence-electron chi connectivity index (χ3n) is 3.14. The van der Waals surface area contributed by atoms with Crippen LogP contribution in [-0.4, -0.2) is 25.5 Å². The Morgan fingerprint density at radius 3 is 2.35 bits per heavy atom. The molecule has 2 rings (SSSR count). The highest BCUT2D eigenvalue weighted by Gasteiger charge is 2.33. The van der Waals surface area contributed by atoms with Crippen LogP contribution in [0.3, 0.4) is 0 Å². The van der Waals surface area contributed by atoms with Gasteiger partial charge in [-0.3, -0.25) is 4.31 Å². The van der Waals surface area contributed by atoms with Crippen LogP contribution in [0, 0.1) is 5.82 Å². The molecule has 8 heteroatoms. The number of nitrogens with zero attached hydrogens (tertiary/aromatic N) is 1. The molecular formula is C15H13ClFNO4S. The Morgan fingerprint density at radius 2 is 1.83 bits per heavy atom. The van der Waals surface area contributed by atoms with Gasteiger partial charge in [-0.15, -0.1) is 0 Å². The molecule has 0 amide bonds. The number of rotatable bonds is 5. The number of carboxylic acid groups (broad SMARTS) is 1. The van der Waals surface area contributed by atoms with Crippen molar-refractivity contribution in [3.8, 4) is 0 Å². The second kappa shape index (κ2) is 6.55. The number of carboxylic acids is 1. The van der Waals surface area contributed by atoms with E-state index in [2.05, 4.69) is 0 Å². The molecule has 0 saturated heterocycles. The lowest BCUT2D eigenvalue weighted by Crippen LogP contribution is -2.43. The summed E-state index contributed by atoms with van der Waals surface area (Å²) in [5.41, 5.74) is -0.0742. The minimum Gasteiger partial charge on any atom is -0.480 e. The van der Waals surface area contributed by atoms with E-state index in [0.717, 1.165) is 12.1 Å². The predicted octanol–water partition coefficient (Wildman–Crippen LogP) is 3.15. The molecule has 122 valence electrons. The molecule has 0 aliphatic heterocycles. The van der Waals surface area contributed by atoms with Gasteiger partial charge in [0, 0.05) is 5.02 Å². The minimum absolute atomic E-state index is 0.0742. The lowest BCUT2D eigenvalue weighted by molar-refractivity contribution is -0.137. The lowest BCUT2D eigenvalue weighted by Gasteiger charge is -2.28. The average Bonchev–Trinajstić information content (AvgIpc) is 2.47. The molecule has 2 aromatic rings. The Hall–Kier alpha value is -2.12. The molecule has 0 aliphatic carbocycles. The van der Waals surface area contributed by atoms with E-state index in [1.54, 1.807) is 0 Å². The summed E-state index contributed by atoms with van der Waals surface area (Å²) in [4.78, 5) is 11.2. The Labute approximate surface area is 138 Å². The molecule has 0 fully saturated rings. The molecule has 5 nitrogen and oxygen atoms in total. The number of anilines is 1. The summed E-state index contributed by atoms with van der Waals surface area (Å²) in [5, 5.41) is 9.56. The predicted molar refractivity (Wildman–Crippen MR) is 84.6 cm³/mol. The van der Waals surface area contributed by atoms with Crippen LogP contribution in [0.15, 0.2) is 53.4 Å². The number of halogens is 2. The van der Waals surface area contributed by atoms with Gasteiger partial charge in [-0.1, -0.05) is 17.7 Å². The van der Waals surface area contributed by atoms with Crippen molar-refractivity contribution in [2.75, 3.05) is 4.31 Å². The first-order valence-corrected chi connectivity index (χ1v) is 8.33. The molecule has 0 heterocycles. The smallest absolute Gasteiger partial charge is 0.327 e. The van der Waals surface area contributed by atoms with Gasteiger partial charge in [0.25, 0.3) is 10.0 Å². The quantitative estimate of drug-likeness (QED) is 0.892. The molecule has 1 atom stereocenters. The van der Waals surface area contributed by atoms with E-state index in [1.165, 1.54) is 43.3 Å². The van der Waals surface area contributed by atoms with Gasteiger partial charge in [-0.05, 0) is 49.4 Å². The number of hydrogen-bond acceptors (Lipinski definition) is 3. The second-order valence-electron chi connectivity index (χ2n) is 4.75. The number of sulfonamides is 1. The molecule has 23 heavy (non-hydrogen) atoms. The number of benzene rings is 2. The maximum absolute atomic E-state index is 13.4. The first kappa shape index (κ1) is 17.2. The molecular weight excluding hydrogens is 345 g/mol. The summed E-state index contributed by atoms with van der Waals surface area (Å²) >= 11 is 5.74. The zero-order chi connectivity index (χ0) is 17.2. The lowest BCUT2D eigenvalue weighted by atomic mass is 10.2. The molecule has 0 spiro atoms. The van der Waals surface area contributed by atoms with Crippen molar-refractivity contribution in [1.29, 1.82) is 0 Å². The Bertz CT molecular complexity index is 824. The standard InChI is InChI=1S/C15H13ClFNO4S/c1-10(15(19)20)18(13-4-2-3-12(17)9-13)23(21,22)14-7-5-11(16)6-8-14/h2-10H,1H3,(H,19,20). The number of hydrogen-bond donors (Lipinski definition) is 1. The fraction of sp³-hybridized carbons (Fsp3) is 0.133. The highest BCUT2D eigenvalue weighted by molar-refractivity contribution is 7.92. The van der Waals surface area contributed by atoms with E-state index in [-0.39, 0.29) is 10.6 Å². The third-order valence-corrected chi connectivity index (χ3v) is 5.31. The minimum atomic E-state index is -4.20. The van der Waals surface area contributed by atoms with Crippen LogP contribution >= 0.6 is 11.6 Å². The fourth-order valence-electron chi connectivity index (χ4n) is 2.00. The molecule has 0 aliphatic rings. The van der Waals surface area contributed by atoms with Crippen molar-refractivity contribution >= 4 is 33.3 Å². The van der Waals surface area contributed by atoms with Crippen LogP contribution in [0.4, 0.5) is 10.1 Å². The van der Waals surface area contributed by atoms with Gasteiger partial charge in [0.15, 0.2) is 0 Å². The van der Waals surface area contributed by atoms with Crippen LogP contribution in [0.2, 0.25) is 5.02 Å². The summed E-state index contributed by atoms with van der Waals surface area (Å²) in [6, 6.07) is 8.61. The molecule has 0 radical (unpaired) electrons. The van der Waals surface area contributed by atoms with Crippen LogP contribution < -0.4 is 4.31 Å². The van der Waals surface area contributed by atoms with E-state index in [0.29, 0.717) is 9.33 Å². The van der Waals surface area contributed by atoms with Crippen molar-refractivity contribution in [2.24, 2.45) is 0 Å². The monoisotopic (exact) mass is 357 g/mol. The summed E-state index contributed by atoms with van der Waals surface area (Å²) in [6.45, 7) is 1.21. The summed E-state index contributed by atoms with van der Waals surface area (Å²) in [5.74, 6) is -2.02. The molecule has 1 N–H and O–H groups in total. The van der Waals surface area contributed by atoms with Crippen LogP contribution in [0.25, 0.3) is 0 Å². The Morgan fingerprint density at radius 1 is 1.22 bits per heavy atom. The summed E-state index contributed by atoms with van der Waals surface area (Å²) in [6.07, 6.45) is 0. The van der Waals surface area contributed by atoms with Gasteiger partial charge < -0.3 is 5.11 Å². The largest absolute Gasteiger partial charge is 0.480 e. The fourth-order valence-corrected chi connectivity index (χ4v) is 3.73.